The molecule has 0 unspecified atom stereocenters. The average molecular weight is 1590 g/mol. The highest BCUT2D eigenvalue weighted by Crippen LogP contribution is 3.02. The van der Waals surface area contributed by atoms with Crippen molar-refractivity contribution in [1.29, 1.82) is 5.26 Å². The molecule has 7 aromatic rings. The lowest BCUT2D eigenvalue weighted by Crippen LogP contribution is -2.18. The van der Waals surface area contributed by atoms with E-state index in [1.54, 1.807) is 13.8 Å². The number of thioether (sulfide) groups is 1. The van der Waals surface area contributed by atoms with E-state index in [4.69, 9.17) is 5.26 Å². The summed E-state index contributed by atoms with van der Waals surface area (Å²) >= 11 is -1.23. The lowest BCUT2D eigenvalue weighted by molar-refractivity contribution is -0.275. The molecule has 0 aliphatic heterocycles. The fourth-order valence-corrected chi connectivity index (χ4v) is 9.88. The van der Waals surface area contributed by atoms with Crippen LogP contribution in [0.1, 0.15) is 208 Å². The summed E-state index contributed by atoms with van der Waals surface area (Å²) in [6, 6.07) is 11.8. The molecule has 3 nitrogen and oxygen atoms in total. The summed E-state index contributed by atoms with van der Waals surface area (Å²) in [6.45, 7) is 24.0. The van der Waals surface area contributed by atoms with E-state index in [1.165, 1.54) is 64.1 Å². The molecule has 0 fully saturated rings. The predicted molar refractivity (Wildman–Crippen MR) is 334 cm³/mol. The highest BCUT2D eigenvalue weighted by Gasteiger charge is 2.70. The molecular formula is C69H67F31N2OS2. The fraction of sp³-hybridized carbons (Fsp3) is 0.391. The number of benzene rings is 6. The molecule has 0 aliphatic carbocycles. The minimum absolute atomic E-state index is 0.00500. The van der Waals surface area contributed by atoms with Gasteiger partial charge in [0.25, 0.3) is 0 Å². The summed E-state index contributed by atoms with van der Waals surface area (Å²) in [5.41, 5.74) is -6.52. The van der Waals surface area contributed by atoms with Crippen LogP contribution in [0.2, 0.25) is 0 Å². The van der Waals surface area contributed by atoms with E-state index in [0.717, 1.165) is 38.1 Å². The second kappa shape index (κ2) is 37.7. The smallest absolute Gasteiger partial charge is 0.403 e. The first-order valence-corrected chi connectivity index (χ1v) is 33.3. The number of ether oxygens (including phenoxy) is 1. The number of hydrogen-bond acceptors (Lipinski definition) is 4. The Balaban J connectivity index is 0.000000617. The average Bonchev–Trinajstić information content (AvgIpc) is 0.701. The Morgan fingerprint density at radius 2 is 0.714 bits per heavy atom. The molecule has 0 bridgehead atoms. The first-order chi connectivity index (χ1) is 47.5. The van der Waals surface area contributed by atoms with Gasteiger partial charge in [-0.15, -0.1) is 13.2 Å². The molecule has 36 heteroatoms. The molecule has 588 valence electrons. The van der Waals surface area contributed by atoms with Crippen LogP contribution in [0.5, 0.6) is 5.75 Å². The van der Waals surface area contributed by atoms with E-state index < -0.39 is 212 Å². The standard InChI is InChI=1S/C13H16F4.C10H7F7S.C10H10F4O.C10H9F2N.C9H7F9S.C9H9F3.C8H9F2N/c1-4-5-6-8-10(14)12(16)9(7(2)3)13(17)11(8)15;1-3(2)4-5(11)7(13)9(8(14)6(4)12)18-10(15,16)17;1-6(2)7-3-4-9(8(11)5-7)15-10(12,13)14;1-6(2)7-3-9(11)8(5-13)10(12)4-7;1-3(2)4-5(10)7(12)9(8(13)6(4)11)19(14,15,16,17)18;1-5(2)6-3-7(10)9(12)8(11)4-6;1-5(2)6-3-7(9)11-8(10)4-6/h7H,4-6H2,1-3H3;3H,1-2H3;3-6H,1-2H3;3-4,6H,1-2H3;3H,1-2H3;3-5H,1-2H3;3-5H,1-2H3. The van der Waals surface area contributed by atoms with E-state index in [2.05, 4.69) is 9.72 Å². The van der Waals surface area contributed by atoms with Gasteiger partial charge >= 0.3 is 22.1 Å². The number of alkyl halides is 6. The Kier molecular flexibility index (Phi) is 34.2. The molecule has 0 aliphatic rings. The third kappa shape index (κ3) is 27.9. The molecular weight excluding hydrogens is 1530 g/mol. The van der Waals surface area contributed by atoms with Gasteiger partial charge in [-0.25, -0.2) is 79.0 Å². The minimum atomic E-state index is -10.9. The van der Waals surface area contributed by atoms with Gasteiger partial charge in [0.05, 0.1) is 4.90 Å². The molecule has 0 radical (unpaired) electrons. The maximum absolute atomic E-state index is 13.6. The molecule has 0 atom stereocenters. The zero-order chi connectivity index (χ0) is 82.2. The van der Waals surface area contributed by atoms with Crippen LogP contribution in [0, 0.1) is 128 Å². The molecule has 0 saturated carbocycles. The van der Waals surface area contributed by atoms with Crippen LogP contribution in [0.25, 0.3) is 0 Å². The largest absolute Gasteiger partial charge is 0.573 e. The van der Waals surface area contributed by atoms with Gasteiger partial charge in [-0.3, -0.25) is 0 Å². The van der Waals surface area contributed by atoms with Crippen LogP contribution in [0.15, 0.2) is 64.4 Å². The summed E-state index contributed by atoms with van der Waals surface area (Å²) in [5.74, 6) is -34.9. The molecule has 1 heterocycles. The van der Waals surface area contributed by atoms with E-state index in [1.807, 2.05) is 48.5 Å². The van der Waals surface area contributed by atoms with E-state index in [9.17, 15) is 134 Å². The molecule has 1 aromatic heterocycles. The van der Waals surface area contributed by atoms with Crippen molar-refractivity contribution in [3.8, 4) is 11.8 Å². The first-order valence-electron chi connectivity index (χ1n) is 30.5. The number of unbranched alkanes of at least 4 members (excludes halogenated alkanes) is 1. The number of hydrogen-bond donors (Lipinski definition) is 0. The van der Waals surface area contributed by atoms with E-state index >= 15 is 0 Å². The number of rotatable bonds is 13. The van der Waals surface area contributed by atoms with Gasteiger partial charge in [-0.1, -0.05) is 136 Å². The van der Waals surface area contributed by atoms with Crippen LogP contribution in [-0.2, 0) is 6.42 Å². The van der Waals surface area contributed by atoms with Crippen molar-refractivity contribution in [1.82, 2.24) is 4.98 Å². The Hall–Kier alpha value is -7.71. The summed E-state index contributed by atoms with van der Waals surface area (Å²) in [6.07, 6.45) is -3.65. The van der Waals surface area contributed by atoms with Crippen LogP contribution in [0.3, 0.4) is 0 Å². The maximum atomic E-state index is 13.6. The van der Waals surface area contributed by atoms with Crippen molar-refractivity contribution in [3.63, 3.8) is 0 Å². The van der Waals surface area contributed by atoms with Gasteiger partial charge in [-0.2, -0.15) is 32.2 Å². The summed E-state index contributed by atoms with van der Waals surface area (Å²) in [5, 5.41) is 8.40. The zero-order valence-corrected chi connectivity index (χ0v) is 59.3. The van der Waals surface area contributed by atoms with Gasteiger partial charge in [-0.05, 0) is 137 Å². The second-order valence-corrected chi connectivity index (χ2v) is 27.8. The Labute approximate surface area is 587 Å². The molecule has 0 amide bonds. The normalized spacial score (nSPS) is 12.2. The van der Waals surface area contributed by atoms with Gasteiger partial charge in [0.15, 0.2) is 104 Å². The number of nitrogens with zero attached hydrogens (tertiary/aromatic N) is 2. The molecule has 0 saturated heterocycles. The van der Waals surface area contributed by atoms with Crippen LogP contribution in [0.4, 0.5) is 134 Å². The lowest BCUT2D eigenvalue weighted by Gasteiger charge is -2.40. The molecule has 6 aromatic carbocycles. The maximum Gasteiger partial charge on any atom is 0.573 e. The fourth-order valence-electron chi connectivity index (χ4n) is 8.43. The van der Waals surface area contributed by atoms with Crippen molar-refractivity contribution in [2.75, 3.05) is 0 Å². The van der Waals surface area contributed by atoms with Gasteiger partial charge < -0.3 is 4.74 Å². The molecule has 7 rings (SSSR count). The third-order valence-electron chi connectivity index (χ3n) is 13.8. The van der Waals surface area contributed by atoms with Crippen molar-refractivity contribution >= 4 is 22.0 Å². The van der Waals surface area contributed by atoms with Gasteiger partial charge in [0.1, 0.15) is 23.3 Å². The lowest BCUT2D eigenvalue weighted by atomic mass is 9.97. The molecule has 105 heavy (non-hydrogen) atoms. The van der Waals surface area contributed by atoms with Crippen molar-refractivity contribution in [2.45, 2.75) is 186 Å². The number of pyridine rings is 1. The van der Waals surface area contributed by atoms with Crippen molar-refractivity contribution in [3.05, 3.63) is 221 Å². The van der Waals surface area contributed by atoms with E-state index in [0.29, 0.717) is 35.1 Å². The van der Waals surface area contributed by atoms with Crippen molar-refractivity contribution in [2.24, 2.45) is 0 Å². The Morgan fingerprint density at radius 3 is 1.00 bits per heavy atom. The Bertz CT molecular complexity index is 4010. The van der Waals surface area contributed by atoms with Crippen LogP contribution < -0.4 is 4.74 Å². The quantitative estimate of drug-likeness (QED) is 0.0379. The summed E-state index contributed by atoms with van der Waals surface area (Å²) in [7, 11) is -10.9. The highest BCUT2D eigenvalue weighted by molar-refractivity contribution is 8.45. The molecule has 0 spiro atoms. The highest BCUT2D eigenvalue weighted by atomic mass is 32.5. The molecule has 0 N–H and O–H groups in total. The zero-order valence-electron chi connectivity index (χ0n) is 57.7. The predicted octanol–water partition coefficient (Wildman–Crippen LogP) is 28.2. The van der Waals surface area contributed by atoms with Crippen LogP contribution in [-0.4, -0.2) is 16.9 Å². The first kappa shape index (κ1) is 95.3. The van der Waals surface area contributed by atoms with Gasteiger partial charge in [0.2, 0.25) is 11.9 Å². The third-order valence-corrected chi connectivity index (χ3v) is 15.8. The number of aromatic nitrogens is 1. The SMILES string of the molecule is CC(C)c1c(F)c(F)c(S(F)(F)(F)(F)F)c(F)c1F.CC(C)c1c(F)c(F)c(SC(F)(F)F)c(F)c1F.CC(C)c1cc(F)c(C#N)c(F)c1.CC(C)c1cc(F)c(F)c(F)c1.CC(C)c1cc(F)nc(F)c1.CC(C)c1ccc(OC(F)(F)F)c(F)c1.CCCCc1c(F)c(F)c(C(C)C)c(F)c1F. The van der Waals surface area contributed by atoms with Gasteiger partial charge in [0, 0.05) is 22.3 Å². The minimum Gasteiger partial charge on any atom is -0.403 e. The second-order valence-electron chi connectivity index (χ2n) is 24.4. The number of halogens is 31. The van der Waals surface area contributed by atoms with Crippen LogP contribution >= 0.6 is 22.0 Å². The summed E-state index contributed by atoms with van der Waals surface area (Å²) < 4.78 is 399. The monoisotopic (exact) mass is 1590 g/mol. The topological polar surface area (TPSA) is 45.9 Å². The Morgan fingerprint density at radius 1 is 0.400 bits per heavy atom. The van der Waals surface area contributed by atoms with E-state index in [-0.39, 0.29) is 30.1 Å². The van der Waals surface area contributed by atoms with Crippen molar-refractivity contribution < 1.29 is 138 Å². The summed E-state index contributed by atoms with van der Waals surface area (Å²) in [4.78, 5) is -2.53. The number of nitriles is 1.